The molecule has 1 fully saturated rings. The minimum atomic E-state index is 0. The van der Waals surface area contributed by atoms with Gasteiger partial charge in [0.15, 0.2) is 5.96 Å². The van der Waals surface area contributed by atoms with Crippen molar-refractivity contribution < 1.29 is 0 Å². The molecule has 0 radical (unpaired) electrons. The van der Waals surface area contributed by atoms with Crippen molar-refractivity contribution in [3.05, 3.63) is 18.0 Å². The molecule has 0 aliphatic carbocycles. The smallest absolute Gasteiger partial charge is 0.191 e. The molecule has 0 saturated carbocycles. The fourth-order valence-corrected chi connectivity index (χ4v) is 2.98. The van der Waals surface area contributed by atoms with Gasteiger partial charge in [-0.05, 0) is 46.7 Å². The van der Waals surface area contributed by atoms with E-state index in [0.717, 1.165) is 24.6 Å². The second-order valence-corrected chi connectivity index (χ2v) is 6.93. The van der Waals surface area contributed by atoms with Crippen LogP contribution < -0.4 is 10.6 Å². The van der Waals surface area contributed by atoms with Crippen LogP contribution in [-0.2, 0) is 13.6 Å². The fourth-order valence-electron chi connectivity index (χ4n) is 2.98. The highest BCUT2D eigenvalue weighted by Crippen LogP contribution is 2.19. The first-order valence-electron chi connectivity index (χ1n) is 8.76. The molecule has 1 aliphatic rings. The third kappa shape index (κ3) is 6.58. The highest BCUT2D eigenvalue weighted by Gasteiger charge is 2.27. The SMILES string of the molecule is CCNC(=NCc1cnn(C)c1)NCC(C)(C)N1CCCCC1.I. The van der Waals surface area contributed by atoms with Crippen molar-refractivity contribution in [2.24, 2.45) is 12.0 Å². The van der Waals surface area contributed by atoms with Gasteiger partial charge >= 0.3 is 0 Å². The highest BCUT2D eigenvalue weighted by atomic mass is 127. The molecule has 0 aromatic carbocycles. The molecule has 2 N–H and O–H groups in total. The average molecular weight is 448 g/mol. The predicted octanol–water partition coefficient (Wildman–Crippen LogP) is 2.36. The standard InChI is InChI=1S/C17H32N6.HI/c1-5-18-16(19-11-15-12-21-22(4)13-15)20-14-17(2,3)23-9-7-6-8-10-23;/h12-13H,5-11,14H2,1-4H3,(H2,18,19,20);1H. The summed E-state index contributed by atoms with van der Waals surface area (Å²) in [5.41, 5.74) is 1.27. The number of halogens is 1. The molecule has 1 aliphatic heterocycles. The first-order valence-corrected chi connectivity index (χ1v) is 8.76. The van der Waals surface area contributed by atoms with Crippen LogP contribution in [0.4, 0.5) is 0 Å². The molecule has 138 valence electrons. The van der Waals surface area contributed by atoms with Gasteiger partial charge in [0.2, 0.25) is 0 Å². The largest absolute Gasteiger partial charge is 0.357 e. The molecule has 6 nitrogen and oxygen atoms in total. The van der Waals surface area contributed by atoms with Crippen LogP contribution >= 0.6 is 24.0 Å². The van der Waals surface area contributed by atoms with Crippen molar-refractivity contribution in [1.29, 1.82) is 0 Å². The number of aryl methyl sites for hydroxylation is 1. The summed E-state index contributed by atoms with van der Waals surface area (Å²) in [5.74, 6) is 0.876. The van der Waals surface area contributed by atoms with E-state index < -0.39 is 0 Å². The van der Waals surface area contributed by atoms with Crippen molar-refractivity contribution >= 4 is 29.9 Å². The summed E-state index contributed by atoms with van der Waals surface area (Å²) in [6, 6.07) is 0. The topological polar surface area (TPSA) is 57.5 Å². The molecule has 1 saturated heterocycles. The van der Waals surface area contributed by atoms with Gasteiger partial charge < -0.3 is 10.6 Å². The number of nitrogens with zero attached hydrogens (tertiary/aromatic N) is 4. The second-order valence-electron chi connectivity index (χ2n) is 6.93. The number of guanidine groups is 1. The number of aromatic nitrogens is 2. The number of hydrogen-bond acceptors (Lipinski definition) is 3. The van der Waals surface area contributed by atoms with Crippen LogP contribution in [0.3, 0.4) is 0 Å². The quantitative estimate of drug-likeness (QED) is 0.399. The first-order chi connectivity index (χ1) is 11.0. The van der Waals surface area contributed by atoms with Crippen LogP contribution in [0.1, 0.15) is 45.6 Å². The van der Waals surface area contributed by atoms with Gasteiger partial charge in [0.05, 0.1) is 12.7 Å². The van der Waals surface area contributed by atoms with Crippen LogP contribution in [0.25, 0.3) is 0 Å². The Hall–Kier alpha value is -0.830. The summed E-state index contributed by atoms with van der Waals surface area (Å²) in [7, 11) is 1.93. The third-order valence-corrected chi connectivity index (χ3v) is 4.42. The molecule has 0 amide bonds. The zero-order valence-corrected chi connectivity index (χ0v) is 17.8. The van der Waals surface area contributed by atoms with Crippen molar-refractivity contribution in [2.45, 2.75) is 52.1 Å². The minimum absolute atomic E-state index is 0. The monoisotopic (exact) mass is 448 g/mol. The lowest BCUT2D eigenvalue weighted by molar-refractivity contribution is 0.0982. The van der Waals surface area contributed by atoms with Gasteiger partial charge in [0.25, 0.3) is 0 Å². The van der Waals surface area contributed by atoms with E-state index in [4.69, 9.17) is 0 Å². The van der Waals surface area contributed by atoms with Gasteiger partial charge in [-0.3, -0.25) is 9.58 Å². The zero-order chi connectivity index (χ0) is 16.7. The molecule has 2 rings (SSSR count). The Morgan fingerprint density at radius 3 is 2.54 bits per heavy atom. The Labute approximate surface area is 163 Å². The molecule has 24 heavy (non-hydrogen) atoms. The Morgan fingerprint density at radius 1 is 1.25 bits per heavy atom. The predicted molar refractivity (Wildman–Crippen MR) is 111 cm³/mol. The van der Waals surface area contributed by atoms with Crippen LogP contribution in [0, 0.1) is 0 Å². The Bertz CT molecular complexity index is 505. The van der Waals surface area contributed by atoms with E-state index in [1.54, 1.807) is 0 Å². The lowest BCUT2D eigenvalue weighted by Crippen LogP contribution is -2.54. The number of likely N-dealkylation sites (tertiary alicyclic amines) is 1. The number of piperidine rings is 1. The molecule has 0 unspecified atom stereocenters. The summed E-state index contributed by atoms with van der Waals surface area (Å²) >= 11 is 0. The molecule has 1 aromatic rings. The van der Waals surface area contributed by atoms with Gasteiger partial charge in [-0.2, -0.15) is 5.10 Å². The molecule has 0 spiro atoms. The van der Waals surface area contributed by atoms with E-state index in [9.17, 15) is 0 Å². The number of hydrogen-bond donors (Lipinski definition) is 2. The Morgan fingerprint density at radius 2 is 1.96 bits per heavy atom. The Kier molecular flexibility index (Phi) is 9.04. The number of rotatable bonds is 6. The number of aliphatic imine (C=N–C) groups is 1. The van der Waals surface area contributed by atoms with Crippen molar-refractivity contribution in [3.63, 3.8) is 0 Å². The molecule has 0 bridgehead atoms. The van der Waals surface area contributed by atoms with E-state index >= 15 is 0 Å². The normalized spacial score (nSPS) is 16.6. The van der Waals surface area contributed by atoms with E-state index in [1.165, 1.54) is 32.4 Å². The van der Waals surface area contributed by atoms with Gasteiger partial charge in [0.1, 0.15) is 0 Å². The maximum absolute atomic E-state index is 4.67. The first kappa shape index (κ1) is 21.2. The van der Waals surface area contributed by atoms with Crippen molar-refractivity contribution in [2.75, 3.05) is 26.2 Å². The van der Waals surface area contributed by atoms with Crippen LogP contribution in [0.2, 0.25) is 0 Å². The summed E-state index contributed by atoms with van der Waals surface area (Å²) in [4.78, 5) is 7.26. The molecule has 1 aromatic heterocycles. The highest BCUT2D eigenvalue weighted by molar-refractivity contribution is 14.0. The van der Waals surface area contributed by atoms with Gasteiger partial charge in [-0.1, -0.05) is 6.42 Å². The third-order valence-electron chi connectivity index (χ3n) is 4.42. The lowest BCUT2D eigenvalue weighted by atomic mass is 9.98. The average Bonchev–Trinajstić information content (AvgIpc) is 2.96. The van der Waals surface area contributed by atoms with Gasteiger partial charge in [-0.15, -0.1) is 24.0 Å². The molecule has 2 heterocycles. The van der Waals surface area contributed by atoms with E-state index in [2.05, 4.69) is 46.4 Å². The molecular weight excluding hydrogens is 415 g/mol. The molecular formula is C17H33IN6. The summed E-state index contributed by atoms with van der Waals surface area (Å²) < 4.78 is 1.81. The Balaban J connectivity index is 0.00000288. The maximum atomic E-state index is 4.67. The molecule has 7 heteroatoms. The summed E-state index contributed by atoms with van der Waals surface area (Å²) in [6.45, 7) is 11.5. The van der Waals surface area contributed by atoms with Gasteiger partial charge in [-0.25, -0.2) is 4.99 Å². The fraction of sp³-hybridized carbons (Fsp3) is 0.765. The van der Waals surface area contributed by atoms with Crippen LogP contribution in [0.15, 0.2) is 17.4 Å². The second kappa shape index (κ2) is 10.2. The van der Waals surface area contributed by atoms with E-state index in [-0.39, 0.29) is 29.5 Å². The molecule has 0 atom stereocenters. The maximum Gasteiger partial charge on any atom is 0.191 e. The lowest BCUT2D eigenvalue weighted by Gasteiger charge is -2.41. The number of nitrogens with one attached hydrogen (secondary N) is 2. The van der Waals surface area contributed by atoms with Gasteiger partial charge in [0, 0.05) is 37.4 Å². The zero-order valence-electron chi connectivity index (χ0n) is 15.5. The summed E-state index contributed by atoms with van der Waals surface area (Å²) in [5, 5.41) is 11.0. The minimum Gasteiger partial charge on any atom is -0.357 e. The van der Waals surface area contributed by atoms with Crippen LogP contribution in [0.5, 0.6) is 0 Å². The van der Waals surface area contributed by atoms with E-state index in [0.29, 0.717) is 6.54 Å². The summed E-state index contributed by atoms with van der Waals surface area (Å²) in [6.07, 6.45) is 7.88. The van der Waals surface area contributed by atoms with E-state index in [1.807, 2.05) is 24.1 Å². The van der Waals surface area contributed by atoms with Crippen LogP contribution in [-0.4, -0.2) is 52.4 Å². The van der Waals surface area contributed by atoms with Crippen molar-refractivity contribution in [1.82, 2.24) is 25.3 Å². The van der Waals surface area contributed by atoms with Crippen molar-refractivity contribution in [3.8, 4) is 0 Å².